The SMILES string of the molecule is Cc1ccc(S(=O)(=O)n2cc(I)c3c(F)ccnc32)cc1. The van der Waals surface area contributed by atoms with E-state index in [1.165, 1.54) is 30.6 Å². The van der Waals surface area contributed by atoms with Gasteiger partial charge < -0.3 is 0 Å². The zero-order valence-electron chi connectivity index (χ0n) is 10.9. The molecule has 3 rings (SSSR count). The van der Waals surface area contributed by atoms with Crippen molar-refractivity contribution < 1.29 is 12.8 Å². The Labute approximate surface area is 134 Å². The van der Waals surface area contributed by atoms with Gasteiger partial charge in [-0.05, 0) is 47.7 Å². The summed E-state index contributed by atoms with van der Waals surface area (Å²) in [5, 5.41) is 0.216. The molecule has 0 N–H and O–H groups in total. The lowest BCUT2D eigenvalue weighted by Crippen LogP contribution is -2.12. The van der Waals surface area contributed by atoms with Crippen LogP contribution in [0.4, 0.5) is 4.39 Å². The van der Waals surface area contributed by atoms with E-state index < -0.39 is 15.8 Å². The Morgan fingerprint density at radius 1 is 1.19 bits per heavy atom. The molecule has 0 bridgehead atoms. The first-order chi connectivity index (χ1) is 9.91. The van der Waals surface area contributed by atoms with Gasteiger partial charge in [0.1, 0.15) is 5.82 Å². The molecule has 0 aliphatic heterocycles. The minimum atomic E-state index is -3.80. The number of aryl methyl sites for hydroxylation is 1. The van der Waals surface area contributed by atoms with E-state index in [-0.39, 0.29) is 15.9 Å². The molecule has 0 radical (unpaired) electrons. The van der Waals surface area contributed by atoms with E-state index in [1.807, 2.05) is 29.5 Å². The Balaban J connectivity index is 2.29. The lowest BCUT2D eigenvalue weighted by molar-refractivity contribution is 0.588. The number of hydrogen-bond donors (Lipinski definition) is 0. The third-order valence-electron chi connectivity index (χ3n) is 3.14. The molecule has 7 heteroatoms. The molecule has 108 valence electrons. The highest BCUT2D eigenvalue weighted by Crippen LogP contribution is 2.27. The molecule has 0 aliphatic carbocycles. The van der Waals surface area contributed by atoms with Crippen molar-refractivity contribution in [2.45, 2.75) is 11.8 Å². The Morgan fingerprint density at radius 3 is 2.52 bits per heavy atom. The molecular weight excluding hydrogens is 406 g/mol. The number of aromatic nitrogens is 2. The molecule has 0 spiro atoms. The molecule has 4 nitrogen and oxygen atoms in total. The molecule has 0 fully saturated rings. The molecular formula is C14H10FIN2O2S. The predicted octanol–water partition coefficient (Wildman–Crippen LogP) is 3.33. The van der Waals surface area contributed by atoms with Crippen molar-refractivity contribution in [3.05, 3.63) is 57.7 Å². The zero-order chi connectivity index (χ0) is 15.2. The number of fused-ring (bicyclic) bond motifs is 1. The van der Waals surface area contributed by atoms with E-state index in [2.05, 4.69) is 4.98 Å². The largest absolute Gasteiger partial charge is 0.269 e. The number of benzene rings is 1. The van der Waals surface area contributed by atoms with Gasteiger partial charge in [0.2, 0.25) is 0 Å². The van der Waals surface area contributed by atoms with Gasteiger partial charge in [-0.1, -0.05) is 17.7 Å². The van der Waals surface area contributed by atoms with Crippen molar-refractivity contribution in [3.63, 3.8) is 0 Å². The minimum Gasteiger partial charge on any atom is -0.237 e. The fourth-order valence-corrected chi connectivity index (χ4v) is 4.34. The first kappa shape index (κ1) is 14.5. The summed E-state index contributed by atoms with van der Waals surface area (Å²) in [5.41, 5.74) is 1.06. The van der Waals surface area contributed by atoms with Crippen LogP contribution in [-0.2, 0) is 10.0 Å². The minimum absolute atomic E-state index is 0.0972. The molecule has 1 aromatic carbocycles. The Kier molecular flexibility index (Phi) is 3.48. The van der Waals surface area contributed by atoms with Crippen LogP contribution in [0.2, 0.25) is 0 Å². The maximum atomic E-state index is 13.9. The van der Waals surface area contributed by atoms with Crippen molar-refractivity contribution in [3.8, 4) is 0 Å². The van der Waals surface area contributed by atoms with Crippen molar-refractivity contribution in [1.82, 2.24) is 8.96 Å². The van der Waals surface area contributed by atoms with Crippen LogP contribution < -0.4 is 0 Å². The first-order valence-corrected chi connectivity index (χ1v) is 8.56. The summed E-state index contributed by atoms with van der Waals surface area (Å²) in [6.45, 7) is 1.88. The van der Waals surface area contributed by atoms with E-state index >= 15 is 0 Å². The van der Waals surface area contributed by atoms with Crippen LogP contribution in [0.25, 0.3) is 11.0 Å². The molecule has 0 unspecified atom stereocenters. The quantitative estimate of drug-likeness (QED) is 0.603. The molecule has 0 saturated carbocycles. The normalized spacial score (nSPS) is 12.0. The second kappa shape index (κ2) is 5.06. The van der Waals surface area contributed by atoms with Gasteiger partial charge >= 0.3 is 0 Å². The van der Waals surface area contributed by atoms with Gasteiger partial charge in [0, 0.05) is 16.0 Å². The Bertz CT molecular complexity index is 934. The van der Waals surface area contributed by atoms with E-state index in [1.54, 1.807) is 12.1 Å². The second-order valence-electron chi connectivity index (χ2n) is 4.58. The molecule has 2 heterocycles. The van der Waals surface area contributed by atoms with Crippen molar-refractivity contribution >= 4 is 43.6 Å². The van der Waals surface area contributed by atoms with E-state index in [9.17, 15) is 12.8 Å². The van der Waals surface area contributed by atoms with Crippen molar-refractivity contribution in [2.24, 2.45) is 0 Å². The molecule has 21 heavy (non-hydrogen) atoms. The smallest absolute Gasteiger partial charge is 0.237 e. The standard InChI is InChI=1S/C14H10FIN2O2S/c1-9-2-4-10(5-3-9)21(19,20)18-8-12(16)13-11(15)6-7-17-14(13)18/h2-8H,1H3. The van der Waals surface area contributed by atoms with Gasteiger partial charge in [0.15, 0.2) is 5.65 Å². The lowest BCUT2D eigenvalue weighted by Gasteiger charge is -2.07. The van der Waals surface area contributed by atoms with E-state index in [4.69, 9.17) is 0 Å². The van der Waals surface area contributed by atoms with Crippen LogP contribution in [0.15, 0.2) is 47.6 Å². The maximum Gasteiger partial charge on any atom is 0.269 e. The second-order valence-corrected chi connectivity index (χ2v) is 7.56. The summed E-state index contributed by atoms with van der Waals surface area (Å²) in [7, 11) is -3.80. The Morgan fingerprint density at radius 2 is 1.86 bits per heavy atom. The Hall–Kier alpha value is -1.48. The van der Waals surface area contributed by atoms with Crippen LogP contribution in [0.1, 0.15) is 5.56 Å². The number of hydrogen-bond acceptors (Lipinski definition) is 3. The van der Waals surface area contributed by atoms with Gasteiger partial charge in [-0.15, -0.1) is 0 Å². The fraction of sp³-hybridized carbons (Fsp3) is 0.0714. The highest BCUT2D eigenvalue weighted by atomic mass is 127. The molecule has 0 aliphatic rings. The van der Waals surface area contributed by atoms with E-state index in [0.29, 0.717) is 3.57 Å². The van der Waals surface area contributed by atoms with Crippen LogP contribution >= 0.6 is 22.6 Å². The summed E-state index contributed by atoms with van der Waals surface area (Å²) in [4.78, 5) is 4.16. The van der Waals surface area contributed by atoms with Gasteiger partial charge in [0.05, 0.1) is 10.3 Å². The van der Waals surface area contributed by atoms with Gasteiger partial charge in [-0.3, -0.25) is 0 Å². The van der Waals surface area contributed by atoms with Crippen LogP contribution in [0.3, 0.4) is 0 Å². The average Bonchev–Trinajstić information content (AvgIpc) is 2.79. The number of nitrogens with zero attached hydrogens (tertiary/aromatic N) is 2. The highest BCUT2D eigenvalue weighted by molar-refractivity contribution is 14.1. The molecule has 2 aromatic heterocycles. The maximum absolute atomic E-state index is 13.9. The van der Waals surface area contributed by atoms with Crippen molar-refractivity contribution in [2.75, 3.05) is 0 Å². The fourth-order valence-electron chi connectivity index (χ4n) is 2.05. The first-order valence-electron chi connectivity index (χ1n) is 6.04. The lowest BCUT2D eigenvalue weighted by atomic mass is 10.2. The summed E-state index contributed by atoms with van der Waals surface area (Å²) in [6, 6.07) is 7.72. The summed E-state index contributed by atoms with van der Waals surface area (Å²) < 4.78 is 40.7. The van der Waals surface area contributed by atoms with Crippen LogP contribution in [0.5, 0.6) is 0 Å². The number of halogens is 2. The summed E-state index contributed by atoms with van der Waals surface area (Å²) >= 11 is 1.90. The molecule has 0 saturated heterocycles. The monoisotopic (exact) mass is 416 g/mol. The van der Waals surface area contributed by atoms with Gasteiger partial charge in [-0.2, -0.15) is 0 Å². The summed E-state index contributed by atoms with van der Waals surface area (Å²) in [5.74, 6) is -0.484. The molecule has 0 amide bonds. The van der Waals surface area contributed by atoms with Gasteiger partial charge in [0.25, 0.3) is 10.0 Å². The summed E-state index contributed by atoms with van der Waals surface area (Å²) in [6.07, 6.45) is 2.64. The van der Waals surface area contributed by atoms with Gasteiger partial charge in [-0.25, -0.2) is 21.8 Å². The van der Waals surface area contributed by atoms with Crippen LogP contribution in [0, 0.1) is 16.3 Å². The number of rotatable bonds is 2. The van der Waals surface area contributed by atoms with Crippen molar-refractivity contribution in [1.29, 1.82) is 0 Å². The third kappa shape index (κ3) is 2.34. The number of pyridine rings is 1. The average molecular weight is 416 g/mol. The van der Waals surface area contributed by atoms with E-state index in [0.717, 1.165) is 9.54 Å². The topological polar surface area (TPSA) is 52.0 Å². The zero-order valence-corrected chi connectivity index (χ0v) is 13.9. The third-order valence-corrected chi connectivity index (χ3v) is 5.62. The molecule has 0 atom stereocenters. The van der Waals surface area contributed by atoms with Crippen LogP contribution in [-0.4, -0.2) is 17.4 Å². The molecule has 3 aromatic rings. The predicted molar refractivity (Wildman–Crippen MR) is 86.2 cm³/mol. The highest BCUT2D eigenvalue weighted by Gasteiger charge is 2.22.